The summed E-state index contributed by atoms with van der Waals surface area (Å²) in [6.45, 7) is 6.47. The third-order valence-electron chi connectivity index (χ3n) is 1.29. The van der Waals surface area contributed by atoms with Gasteiger partial charge in [0.1, 0.15) is 6.61 Å². The average molecular weight is 186 g/mol. The fraction of sp³-hybridized carbons (Fsp3) is 0.556. The highest BCUT2D eigenvalue weighted by Gasteiger charge is 2.10. The van der Waals surface area contributed by atoms with Crippen LogP contribution in [0.1, 0.15) is 20.3 Å². The maximum Gasteiger partial charge on any atom is 0.306 e. The maximum atomic E-state index is 10.8. The molecule has 4 nitrogen and oxygen atoms in total. The van der Waals surface area contributed by atoms with E-state index in [-0.39, 0.29) is 12.6 Å². The first-order valence-corrected chi connectivity index (χ1v) is 4.05. The zero-order valence-electron chi connectivity index (χ0n) is 7.91. The fourth-order valence-corrected chi connectivity index (χ4v) is 0.602. The molecule has 0 aliphatic rings. The van der Waals surface area contributed by atoms with Crippen LogP contribution in [0.5, 0.6) is 0 Å². The Morgan fingerprint density at radius 2 is 2.15 bits per heavy atom. The van der Waals surface area contributed by atoms with Crippen molar-refractivity contribution in [1.29, 1.82) is 0 Å². The molecule has 1 unspecified atom stereocenters. The molecule has 0 radical (unpaired) electrons. The van der Waals surface area contributed by atoms with Gasteiger partial charge in [0.2, 0.25) is 0 Å². The molecule has 0 N–H and O–H groups in total. The van der Waals surface area contributed by atoms with Crippen molar-refractivity contribution in [2.24, 2.45) is 0 Å². The molecule has 74 valence electrons. The van der Waals surface area contributed by atoms with Crippen molar-refractivity contribution >= 4 is 11.9 Å². The van der Waals surface area contributed by atoms with Crippen LogP contribution in [0.4, 0.5) is 0 Å². The lowest BCUT2D eigenvalue weighted by molar-refractivity contribution is -0.154. The van der Waals surface area contributed by atoms with Crippen LogP contribution in [-0.4, -0.2) is 24.6 Å². The number of carbonyl (C=O) groups excluding carboxylic acids is 2. The standard InChI is InChI=1S/C9H14O4/c1-4-8(6-12-7(3)10)13-9(11)5-2/h4,8H,1,5-6H2,2-3H3. The van der Waals surface area contributed by atoms with Gasteiger partial charge >= 0.3 is 11.9 Å². The summed E-state index contributed by atoms with van der Waals surface area (Å²) >= 11 is 0. The van der Waals surface area contributed by atoms with E-state index in [0.29, 0.717) is 6.42 Å². The summed E-state index contributed by atoms with van der Waals surface area (Å²) < 4.78 is 9.52. The van der Waals surface area contributed by atoms with Crippen LogP contribution in [-0.2, 0) is 19.1 Å². The second-order valence-electron chi connectivity index (χ2n) is 2.42. The van der Waals surface area contributed by atoms with E-state index in [0.717, 1.165) is 0 Å². The van der Waals surface area contributed by atoms with E-state index in [1.165, 1.54) is 13.0 Å². The molecular weight excluding hydrogens is 172 g/mol. The van der Waals surface area contributed by atoms with E-state index in [4.69, 9.17) is 4.74 Å². The summed E-state index contributed by atoms with van der Waals surface area (Å²) in [7, 11) is 0. The summed E-state index contributed by atoms with van der Waals surface area (Å²) in [5, 5.41) is 0. The molecule has 0 aromatic rings. The molecule has 13 heavy (non-hydrogen) atoms. The first kappa shape index (κ1) is 11.7. The van der Waals surface area contributed by atoms with Gasteiger partial charge in [0.25, 0.3) is 0 Å². The second-order valence-corrected chi connectivity index (χ2v) is 2.42. The molecule has 0 aliphatic carbocycles. The van der Waals surface area contributed by atoms with Gasteiger partial charge in [-0.25, -0.2) is 0 Å². The Hall–Kier alpha value is -1.32. The molecule has 0 amide bonds. The second kappa shape index (κ2) is 6.22. The zero-order chi connectivity index (χ0) is 10.3. The first-order chi connectivity index (χ1) is 6.10. The van der Waals surface area contributed by atoms with Crippen LogP contribution in [0.2, 0.25) is 0 Å². The molecule has 0 saturated heterocycles. The molecule has 0 bridgehead atoms. The zero-order valence-corrected chi connectivity index (χ0v) is 7.91. The Balaban J connectivity index is 3.82. The predicted molar refractivity (Wildman–Crippen MR) is 47.0 cm³/mol. The summed E-state index contributed by atoms with van der Waals surface area (Å²) in [5.41, 5.74) is 0. The minimum Gasteiger partial charge on any atom is -0.462 e. The number of esters is 2. The van der Waals surface area contributed by atoms with Crippen LogP contribution in [0.25, 0.3) is 0 Å². The molecule has 0 saturated carbocycles. The van der Waals surface area contributed by atoms with Crippen molar-refractivity contribution in [1.82, 2.24) is 0 Å². The molecule has 0 aromatic carbocycles. The quantitative estimate of drug-likeness (QED) is 0.476. The van der Waals surface area contributed by atoms with E-state index >= 15 is 0 Å². The van der Waals surface area contributed by atoms with E-state index in [2.05, 4.69) is 11.3 Å². The minimum absolute atomic E-state index is 0.0323. The van der Waals surface area contributed by atoms with Crippen LogP contribution in [0.3, 0.4) is 0 Å². The van der Waals surface area contributed by atoms with Gasteiger partial charge in [-0.1, -0.05) is 13.5 Å². The number of rotatable bonds is 5. The number of hydrogen-bond donors (Lipinski definition) is 0. The molecule has 4 heteroatoms. The molecule has 0 heterocycles. The number of ether oxygens (including phenoxy) is 2. The van der Waals surface area contributed by atoms with Crippen LogP contribution < -0.4 is 0 Å². The highest BCUT2D eigenvalue weighted by atomic mass is 16.6. The van der Waals surface area contributed by atoms with Crippen LogP contribution in [0.15, 0.2) is 12.7 Å². The summed E-state index contributed by atoms with van der Waals surface area (Å²) in [5.74, 6) is -0.739. The highest BCUT2D eigenvalue weighted by molar-refractivity contribution is 5.69. The Bertz CT molecular complexity index is 198. The van der Waals surface area contributed by atoms with Gasteiger partial charge in [0.15, 0.2) is 6.10 Å². The van der Waals surface area contributed by atoms with Crippen LogP contribution in [0, 0.1) is 0 Å². The third-order valence-corrected chi connectivity index (χ3v) is 1.29. The van der Waals surface area contributed by atoms with Gasteiger partial charge < -0.3 is 9.47 Å². The van der Waals surface area contributed by atoms with Gasteiger partial charge in [0.05, 0.1) is 0 Å². The van der Waals surface area contributed by atoms with Crippen molar-refractivity contribution in [2.45, 2.75) is 26.4 Å². The highest BCUT2D eigenvalue weighted by Crippen LogP contribution is 1.97. The minimum atomic E-state index is -0.545. The first-order valence-electron chi connectivity index (χ1n) is 4.05. The molecule has 0 spiro atoms. The molecule has 0 fully saturated rings. The lowest BCUT2D eigenvalue weighted by Gasteiger charge is -2.12. The monoisotopic (exact) mass is 186 g/mol. The van der Waals surface area contributed by atoms with Gasteiger partial charge in [-0.3, -0.25) is 9.59 Å². The van der Waals surface area contributed by atoms with Gasteiger partial charge in [-0.2, -0.15) is 0 Å². The lowest BCUT2D eigenvalue weighted by Crippen LogP contribution is -2.22. The summed E-state index contributed by atoms with van der Waals surface area (Å²) in [6, 6.07) is 0. The Morgan fingerprint density at radius 1 is 1.54 bits per heavy atom. The SMILES string of the molecule is C=CC(COC(C)=O)OC(=O)CC. The van der Waals surface area contributed by atoms with Gasteiger partial charge in [-0.15, -0.1) is 0 Å². The number of carbonyl (C=O) groups is 2. The van der Waals surface area contributed by atoms with Crippen LogP contribution >= 0.6 is 0 Å². The van der Waals surface area contributed by atoms with E-state index in [1.54, 1.807) is 6.92 Å². The Morgan fingerprint density at radius 3 is 2.54 bits per heavy atom. The van der Waals surface area contributed by atoms with Crippen molar-refractivity contribution in [3.8, 4) is 0 Å². The van der Waals surface area contributed by atoms with Gasteiger partial charge in [-0.05, 0) is 6.08 Å². The smallest absolute Gasteiger partial charge is 0.306 e. The van der Waals surface area contributed by atoms with E-state index in [9.17, 15) is 9.59 Å². The number of hydrogen-bond acceptors (Lipinski definition) is 4. The molecule has 0 rings (SSSR count). The average Bonchev–Trinajstić information content (AvgIpc) is 2.11. The largest absolute Gasteiger partial charge is 0.462 e. The third kappa shape index (κ3) is 5.90. The summed E-state index contributed by atoms with van der Waals surface area (Å²) in [4.78, 5) is 21.2. The van der Waals surface area contributed by atoms with Gasteiger partial charge in [0, 0.05) is 13.3 Å². The molecule has 1 atom stereocenters. The Labute approximate surface area is 77.5 Å². The molecule has 0 aromatic heterocycles. The maximum absolute atomic E-state index is 10.8. The van der Waals surface area contributed by atoms with Crippen molar-refractivity contribution in [3.63, 3.8) is 0 Å². The van der Waals surface area contributed by atoms with Crippen molar-refractivity contribution < 1.29 is 19.1 Å². The van der Waals surface area contributed by atoms with E-state index < -0.39 is 12.1 Å². The molecule has 0 aliphatic heterocycles. The summed E-state index contributed by atoms with van der Waals surface area (Å²) in [6.07, 6.45) is 1.18. The van der Waals surface area contributed by atoms with Crippen molar-refractivity contribution in [3.05, 3.63) is 12.7 Å². The Kier molecular flexibility index (Phi) is 5.59. The topological polar surface area (TPSA) is 52.6 Å². The van der Waals surface area contributed by atoms with E-state index in [1.807, 2.05) is 0 Å². The molecular formula is C9H14O4. The lowest BCUT2D eigenvalue weighted by atomic mass is 10.3. The van der Waals surface area contributed by atoms with Crippen molar-refractivity contribution in [2.75, 3.05) is 6.61 Å². The fourth-order valence-electron chi connectivity index (χ4n) is 0.602. The normalized spacial score (nSPS) is 11.5. The predicted octanol–water partition coefficient (Wildman–Crippen LogP) is 1.06.